The van der Waals surface area contributed by atoms with E-state index in [0.29, 0.717) is 11.1 Å². The molecule has 2 nitrogen and oxygen atoms in total. The molecule has 0 atom stereocenters. The Labute approximate surface area is 106 Å². The molecule has 0 aliphatic heterocycles. The standard InChI is InChI=1S/C16H14O2/c1-11-13(9-17)5-3-7-15(11)16-8-4-6-14(10-18)12(16)2/h3-10H,1-2H3. The van der Waals surface area contributed by atoms with Crippen molar-refractivity contribution in [2.24, 2.45) is 0 Å². The first-order valence-electron chi connectivity index (χ1n) is 5.79. The summed E-state index contributed by atoms with van der Waals surface area (Å²) in [5.74, 6) is 0. The lowest BCUT2D eigenvalue weighted by Gasteiger charge is -2.12. The second-order valence-corrected chi connectivity index (χ2v) is 4.28. The molecular formula is C16H14O2. The lowest BCUT2D eigenvalue weighted by Crippen LogP contribution is -1.94. The Balaban J connectivity index is 2.69. The first-order chi connectivity index (χ1) is 8.69. The third kappa shape index (κ3) is 1.97. The van der Waals surface area contributed by atoms with E-state index in [1.54, 1.807) is 12.1 Å². The van der Waals surface area contributed by atoms with E-state index in [1.165, 1.54) is 0 Å². The fourth-order valence-electron chi connectivity index (χ4n) is 2.15. The van der Waals surface area contributed by atoms with Crippen LogP contribution in [0.15, 0.2) is 36.4 Å². The van der Waals surface area contributed by atoms with Gasteiger partial charge >= 0.3 is 0 Å². The van der Waals surface area contributed by atoms with Crippen molar-refractivity contribution < 1.29 is 9.59 Å². The maximum absolute atomic E-state index is 11.0. The summed E-state index contributed by atoms with van der Waals surface area (Å²) in [5, 5.41) is 0. The lowest BCUT2D eigenvalue weighted by molar-refractivity contribution is 0.111. The van der Waals surface area contributed by atoms with Crippen LogP contribution in [0.4, 0.5) is 0 Å². The molecule has 0 saturated carbocycles. The molecule has 0 heterocycles. The molecule has 2 aromatic carbocycles. The van der Waals surface area contributed by atoms with E-state index >= 15 is 0 Å². The van der Waals surface area contributed by atoms with Gasteiger partial charge in [0.1, 0.15) is 12.6 Å². The van der Waals surface area contributed by atoms with Crippen LogP contribution in [-0.2, 0) is 0 Å². The number of hydrogen-bond acceptors (Lipinski definition) is 2. The Morgan fingerprint density at radius 3 is 1.44 bits per heavy atom. The van der Waals surface area contributed by atoms with Gasteiger partial charge < -0.3 is 0 Å². The summed E-state index contributed by atoms with van der Waals surface area (Å²) in [5.41, 5.74) is 5.26. The van der Waals surface area contributed by atoms with Crippen LogP contribution in [-0.4, -0.2) is 12.6 Å². The SMILES string of the molecule is Cc1c(C=O)cccc1-c1cccc(C=O)c1C. The van der Waals surface area contributed by atoms with Crippen molar-refractivity contribution >= 4 is 12.6 Å². The van der Waals surface area contributed by atoms with Crippen LogP contribution in [0, 0.1) is 13.8 Å². The highest BCUT2D eigenvalue weighted by molar-refractivity contribution is 5.87. The number of carbonyl (C=O) groups is 2. The van der Waals surface area contributed by atoms with Gasteiger partial charge in [-0.2, -0.15) is 0 Å². The Kier molecular flexibility index (Phi) is 3.38. The van der Waals surface area contributed by atoms with E-state index in [9.17, 15) is 9.59 Å². The van der Waals surface area contributed by atoms with Crippen molar-refractivity contribution in [1.29, 1.82) is 0 Å². The van der Waals surface area contributed by atoms with Gasteiger partial charge in [-0.15, -0.1) is 0 Å². The molecule has 2 heteroatoms. The van der Waals surface area contributed by atoms with Crippen LogP contribution < -0.4 is 0 Å². The second kappa shape index (κ2) is 4.96. The van der Waals surface area contributed by atoms with Gasteiger partial charge in [0, 0.05) is 11.1 Å². The van der Waals surface area contributed by atoms with Crippen LogP contribution in [0.5, 0.6) is 0 Å². The number of aldehydes is 2. The van der Waals surface area contributed by atoms with Gasteiger partial charge in [0.15, 0.2) is 0 Å². The molecule has 0 aliphatic rings. The van der Waals surface area contributed by atoms with Gasteiger partial charge in [-0.25, -0.2) is 0 Å². The van der Waals surface area contributed by atoms with Crippen LogP contribution in [0.25, 0.3) is 11.1 Å². The summed E-state index contributed by atoms with van der Waals surface area (Å²) in [6.45, 7) is 3.85. The minimum Gasteiger partial charge on any atom is -0.298 e. The fraction of sp³-hybridized carbons (Fsp3) is 0.125. The maximum Gasteiger partial charge on any atom is 0.150 e. The quantitative estimate of drug-likeness (QED) is 0.766. The average molecular weight is 238 g/mol. The Bertz CT molecular complexity index is 557. The Hall–Kier alpha value is -2.22. The summed E-state index contributed by atoms with van der Waals surface area (Å²) in [4.78, 5) is 21.9. The van der Waals surface area contributed by atoms with Gasteiger partial charge in [0.2, 0.25) is 0 Å². The molecule has 0 bridgehead atoms. The lowest BCUT2D eigenvalue weighted by atomic mass is 9.92. The predicted molar refractivity (Wildman–Crippen MR) is 72.1 cm³/mol. The highest BCUT2D eigenvalue weighted by Gasteiger charge is 2.09. The Morgan fingerprint density at radius 2 is 1.11 bits per heavy atom. The van der Waals surface area contributed by atoms with Crippen LogP contribution in [0.3, 0.4) is 0 Å². The molecule has 2 aromatic rings. The van der Waals surface area contributed by atoms with Crippen LogP contribution in [0.1, 0.15) is 31.8 Å². The van der Waals surface area contributed by atoms with Crippen LogP contribution in [0.2, 0.25) is 0 Å². The number of rotatable bonds is 3. The summed E-state index contributed by atoms with van der Waals surface area (Å²) in [6, 6.07) is 11.3. The zero-order valence-electron chi connectivity index (χ0n) is 10.4. The zero-order valence-corrected chi connectivity index (χ0v) is 10.4. The summed E-state index contributed by atoms with van der Waals surface area (Å²) in [6.07, 6.45) is 1.72. The molecule has 0 aliphatic carbocycles. The smallest absolute Gasteiger partial charge is 0.150 e. The number of benzene rings is 2. The highest BCUT2D eigenvalue weighted by atomic mass is 16.1. The molecular weight excluding hydrogens is 224 g/mol. The average Bonchev–Trinajstić information content (AvgIpc) is 2.40. The monoisotopic (exact) mass is 238 g/mol. The highest BCUT2D eigenvalue weighted by Crippen LogP contribution is 2.29. The summed E-state index contributed by atoms with van der Waals surface area (Å²) in [7, 11) is 0. The van der Waals surface area contributed by atoms with E-state index in [2.05, 4.69) is 0 Å². The topological polar surface area (TPSA) is 34.1 Å². The molecule has 0 spiro atoms. The Morgan fingerprint density at radius 1 is 0.722 bits per heavy atom. The van der Waals surface area contributed by atoms with Crippen molar-refractivity contribution in [2.75, 3.05) is 0 Å². The van der Waals surface area contributed by atoms with E-state index in [-0.39, 0.29) is 0 Å². The first-order valence-corrected chi connectivity index (χ1v) is 5.79. The van der Waals surface area contributed by atoms with Gasteiger partial charge in [-0.1, -0.05) is 36.4 Å². The van der Waals surface area contributed by atoms with Crippen molar-refractivity contribution in [3.05, 3.63) is 58.7 Å². The first kappa shape index (κ1) is 12.2. The second-order valence-electron chi connectivity index (χ2n) is 4.28. The zero-order chi connectivity index (χ0) is 13.1. The normalized spacial score (nSPS) is 10.1. The van der Waals surface area contributed by atoms with E-state index in [4.69, 9.17) is 0 Å². The molecule has 18 heavy (non-hydrogen) atoms. The van der Waals surface area contributed by atoms with E-state index in [0.717, 1.165) is 34.8 Å². The largest absolute Gasteiger partial charge is 0.298 e. The van der Waals surface area contributed by atoms with Crippen molar-refractivity contribution in [3.63, 3.8) is 0 Å². The molecule has 0 saturated heterocycles. The molecule has 0 unspecified atom stereocenters. The van der Waals surface area contributed by atoms with Crippen molar-refractivity contribution in [3.8, 4) is 11.1 Å². The molecule has 0 radical (unpaired) electrons. The fourth-order valence-corrected chi connectivity index (χ4v) is 2.15. The molecule has 2 rings (SSSR count). The van der Waals surface area contributed by atoms with Gasteiger partial charge in [0.05, 0.1) is 0 Å². The molecule has 90 valence electrons. The molecule has 0 N–H and O–H groups in total. The van der Waals surface area contributed by atoms with Crippen molar-refractivity contribution in [2.45, 2.75) is 13.8 Å². The van der Waals surface area contributed by atoms with Gasteiger partial charge in [-0.05, 0) is 36.1 Å². The maximum atomic E-state index is 11.0. The summed E-state index contributed by atoms with van der Waals surface area (Å²) >= 11 is 0. The summed E-state index contributed by atoms with van der Waals surface area (Å²) < 4.78 is 0. The molecule has 0 amide bonds. The third-order valence-electron chi connectivity index (χ3n) is 3.30. The van der Waals surface area contributed by atoms with Crippen LogP contribution >= 0.6 is 0 Å². The van der Waals surface area contributed by atoms with E-state index < -0.39 is 0 Å². The predicted octanol–water partition coefficient (Wildman–Crippen LogP) is 3.60. The van der Waals surface area contributed by atoms with Gasteiger partial charge in [-0.3, -0.25) is 9.59 Å². The van der Waals surface area contributed by atoms with Gasteiger partial charge in [0.25, 0.3) is 0 Å². The molecule has 0 aromatic heterocycles. The van der Waals surface area contributed by atoms with E-state index in [1.807, 2.05) is 38.1 Å². The van der Waals surface area contributed by atoms with Crippen molar-refractivity contribution in [1.82, 2.24) is 0 Å². The third-order valence-corrected chi connectivity index (χ3v) is 3.30. The molecule has 0 fully saturated rings. The number of hydrogen-bond donors (Lipinski definition) is 0. The minimum atomic E-state index is 0.684. The number of carbonyl (C=O) groups excluding carboxylic acids is 2. The minimum absolute atomic E-state index is 0.684.